The number of anilines is 1. The van der Waals surface area contributed by atoms with Gasteiger partial charge in [-0.05, 0) is 31.0 Å². The van der Waals surface area contributed by atoms with Crippen LogP contribution >= 0.6 is 0 Å². The van der Waals surface area contributed by atoms with Gasteiger partial charge in [0.2, 0.25) is 0 Å². The third kappa shape index (κ3) is 4.06. The molecule has 1 unspecified atom stereocenters. The number of benzene rings is 2. The van der Waals surface area contributed by atoms with Gasteiger partial charge in [0.25, 0.3) is 5.56 Å². The van der Waals surface area contributed by atoms with Crippen molar-refractivity contribution in [1.82, 2.24) is 19.7 Å². The van der Waals surface area contributed by atoms with Crippen molar-refractivity contribution < 1.29 is 5.11 Å². The minimum Gasteiger partial charge on any atom is -0.392 e. The predicted molar refractivity (Wildman–Crippen MR) is 116 cm³/mol. The van der Waals surface area contributed by atoms with Gasteiger partial charge in [0.15, 0.2) is 0 Å². The van der Waals surface area contributed by atoms with Crippen molar-refractivity contribution in [3.8, 4) is 0 Å². The van der Waals surface area contributed by atoms with Crippen LogP contribution in [0.2, 0.25) is 0 Å². The molecule has 0 bridgehead atoms. The van der Waals surface area contributed by atoms with Crippen LogP contribution in [0.5, 0.6) is 0 Å². The monoisotopic (exact) mass is 401 g/mol. The Morgan fingerprint density at radius 3 is 2.57 bits per heavy atom. The minimum atomic E-state index is -0.340. The Hall–Kier alpha value is -3.58. The fraction of sp³-hybridized carbons (Fsp3) is 0.217. The second-order valence-corrected chi connectivity index (χ2v) is 7.21. The molecule has 7 nitrogen and oxygen atoms in total. The molecule has 1 atom stereocenters. The van der Waals surface area contributed by atoms with Crippen molar-refractivity contribution in [2.75, 3.05) is 5.32 Å². The summed E-state index contributed by atoms with van der Waals surface area (Å²) in [7, 11) is 0. The summed E-state index contributed by atoms with van der Waals surface area (Å²) in [6.45, 7) is 4.35. The van der Waals surface area contributed by atoms with Gasteiger partial charge >= 0.3 is 0 Å². The van der Waals surface area contributed by atoms with Crippen molar-refractivity contribution in [2.24, 2.45) is 0 Å². The standard InChI is InChI=1S/C23H23N5O2/c1-15(28-23(30)20-6-4-3-5-19(20)13-25-28)21-11-22(27-16(2)26-21)24-12-17-7-9-18(14-29)10-8-17/h3-11,13,15,29H,12,14H2,1-2H3,(H,24,26,27). The lowest BCUT2D eigenvalue weighted by Gasteiger charge is -2.16. The van der Waals surface area contributed by atoms with Gasteiger partial charge in [-0.15, -0.1) is 0 Å². The summed E-state index contributed by atoms with van der Waals surface area (Å²) in [4.78, 5) is 21.9. The summed E-state index contributed by atoms with van der Waals surface area (Å²) in [5.74, 6) is 1.30. The van der Waals surface area contributed by atoms with Gasteiger partial charge in [-0.1, -0.05) is 42.5 Å². The second kappa shape index (κ2) is 8.42. The molecule has 2 aromatic heterocycles. The summed E-state index contributed by atoms with van der Waals surface area (Å²) in [5, 5.41) is 18.3. The van der Waals surface area contributed by atoms with Gasteiger partial charge in [0.05, 0.1) is 29.9 Å². The van der Waals surface area contributed by atoms with E-state index in [0.717, 1.165) is 16.5 Å². The summed E-state index contributed by atoms with van der Waals surface area (Å²) >= 11 is 0. The molecule has 0 saturated heterocycles. The van der Waals surface area contributed by atoms with E-state index in [1.165, 1.54) is 4.68 Å². The molecule has 0 spiro atoms. The molecule has 0 radical (unpaired) electrons. The number of aliphatic hydroxyl groups excluding tert-OH is 1. The molecular weight excluding hydrogens is 378 g/mol. The number of aryl methyl sites for hydroxylation is 1. The van der Waals surface area contributed by atoms with E-state index < -0.39 is 0 Å². The molecule has 152 valence electrons. The zero-order valence-corrected chi connectivity index (χ0v) is 16.9. The number of nitrogens with zero attached hydrogens (tertiary/aromatic N) is 4. The number of aliphatic hydroxyl groups is 1. The van der Waals surface area contributed by atoms with E-state index in [4.69, 9.17) is 5.11 Å². The smallest absolute Gasteiger partial charge is 0.275 e. The van der Waals surface area contributed by atoms with Crippen LogP contribution in [0.4, 0.5) is 5.82 Å². The fourth-order valence-electron chi connectivity index (χ4n) is 3.36. The van der Waals surface area contributed by atoms with Crippen molar-refractivity contribution in [3.05, 3.63) is 93.8 Å². The van der Waals surface area contributed by atoms with Gasteiger partial charge in [0.1, 0.15) is 11.6 Å². The van der Waals surface area contributed by atoms with E-state index in [1.807, 2.05) is 68.4 Å². The van der Waals surface area contributed by atoms with E-state index in [2.05, 4.69) is 20.4 Å². The molecule has 2 N–H and O–H groups in total. The molecule has 7 heteroatoms. The molecule has 4 rings (SSSR count). The van der Waals surface area contributed by atoms with Crippen LogP contribution in [-0.4, -0.2) is 24.9 Å². The molecule has 0 aliphatic rings. The molecule has 0 aliphatic heterocycles. The van der Waals surface area contributed by atoms with Crippen molar-refractivity contribution in [3.63, 3.8) is 0 Å². The average Bonchev–Trinajstić information content (AvgIpc) is 2.78. The lowest BCUT2D eigenvalue weighted by Crippen LogP contribution is -2.27. The molecule has 4 aromatic rings. The average molecular weight is 401 g/mol. The van der Waals surface area contributed by atoms with Gasteiger partial charge in [0, 0.05) is 18.0 Å². The Balaban J connectivity index is 1.59. The summed E-state index contributed by atoms with van der Waals surface area (Å²) in [6.07, 6.45) is 1.70. The first-order valence-corrected chi connectivity index (χ1v) is 9.80. The number of hydrogen-bond donors (Lipinski definition) is 2. The minimum absolute atomic E-state index is 0.0300. The topological polar surface area (TPSA) is 92.9 Å². The van der Waals surface area contributed by atoms with E-state index in [0.29, 0.717) is 29.3 Å². The molecule has 0 fully saturated rings. The van der Waals surface area contributed by atoms with Crippen LogP contribution in [0.15, 0.2) is 65.6 Å². The second-order valence-electron chi connectivity index (χ2n) is 7.21. The van der Waals surface area contributed by atoms with E-state index >= 15 is 0 Å². The highest BCUT2D eigenvalue weighted by Gasteiger charge is 2.16. The Morgan fingerprint density at radius 1 is 1.07 bits per heavy atom. The number of fused-ring (bicyclic) bond motifs is 1. The molecule has 0 amide bonds. The van der Waals surface area contributed by atoms with E-state index in [1.54, 1.807) is 6.20 Å². The van der Waals surface area contributed by atoms with Crippen LogP contribution in [0.3, 0.4) is 0 Å². The quantitative estimate of drug-likeness (QED) is 0.515. The van der Waals surface area contributed by atoms with Gasteiger partial charge in [-0.25, -0.2) is 14.6 Å². The number of rotatable bonds is 6. The summed E-state index contributed by atoms with van der Waals surface area (Å²) in [5.41, 5.74) is 2.52. The van der Waals surface area contributed by atoms with Crippen LogP contribution in [0, 0.1) is 6.92 Å². The summed E-state index contributed by atoms with van der Waals surface area (Å²) < 4.78 is 1.46. The zero-order valence-electron chi connectivity index (χ0n) is 16.9. The summed E-state index contributed by atoms with van der Waals surface area (Å²) in [6, 6.07) is 16.7. The van der Waals surface area contributed by atoms with Crippen molar-refractivity contribution >= 4 is 16.6 Å². The SMILES string of the molecule is Cc1nc(NCc2ccc(CO)cc2)cc(C(C)n2ncc3ccccc3c2=O)n1. The first kappa shape index (κ1) is 19.7. The van der Waals surface area contributed by atoms with Crippen LogP contribution in [0.25, 0.3) is 10.8 Å². The molecule has 0 saturated carbocycles. The highest BCUT2D eigenvalue weighted by atomic mass is 16.3. The highest BCUT2D eigenvalue weighted by Crippen LogP contribution is 2.18. The van der Waals surface area contributed by atoms with E-state index in [9.17, 15) is 4.79 Å². The molecule has 2 heterocycles. The third-order valence-corrected chi connectivity index (χ3v) is 5.05. The Bertz CT molecular complexity index is 1230. The van der Waals surface area contributed by atoms with Gasteiger partial charge in [-0.3, -0.25) is 4.79 Å². The van der Waals surface area contributed by atoms with Crippen LogP contribution in [-0.2, 0) is 13.2 Å². The van der Waals surface area contributed by atoms with Crippen molar-refractivity contribution in [1.29, 1.82) is 0 Å². The maximum Gasteiger partial charge on any atom is 0.275 e. The maximum atomic E-state index is 12.9. The fourth-order valence-corrected chi connectivity index (χ4v) is 3.36. The normalized spacial score (nSPS) is 12.1. The molecule has 2 aromatic carbocycles. The predicted octanol–water partition coefficient (Wildman–Crippen LogP) is 3.21. The highest BCUT2D eigenvalue weighted by molar-refractivity contribution is 5.80. The number of nitrogens with one attached hydrogen (secondary N) is 1. The Labute approximate surface area is 174 Å². The Kier molecular flexibility index (Phi) is 5.54. The van der Waals surface area contributed by atoms with Gasteiger partial charge < -0.3 is 10.4 Å². The zero-order chi connectivity index (χ0) is 21.1. The Morgan fingerprint density at radius 2 is 1.80 bits per heavy atom. The molecule has 30 heavy (non-hydrogen) atoms. The van der Waals surface area contributed by atoms with Crippen LogP contribution < -0.4 is 10.9 Å². The van der Waals surface area contributed by atoms with Crippen LogP contribution in [0.1, 0.15) is 35.6 Å². The number of hydrogen-bond acceptors (Lipinski definition) is 6. The maximum absolute atomic E-state index is 12.9. The third-order valence-electron chi connectivity index (χ3n) is 5.05. The van der Waals surface area contributed by atoms with E-state index in [-0.39, 0.29) is 18.2 Å². The molecular formula is C23H23N5O2. The lowest BCUT2D eigenvalue weighted by molar-refractivity contribution is 0.282. The largest absolute Gasteiger partial charge is 0.392 e. The number of aromatic nitrogens is 4. The van der Waals surface area contributed by atoms with Crippen molar-refractivity contribution in [2.45, 2.75) is 33.0 Å². The molecule has 0 aliphatic carbocycles. The first-order valence-electron chi connectivity index (χ1n) is 9.80. The van der Waals surface area contributed by atoms with Gasteiger partial charge in [-0.2, -0.15) is 5.10 Å². The lowest BCUT2D eigenvalue weighted by atomic mass is 10.1. The first-order chi connectivity index (χ1) is 14.5.